The average molecular weight is 419 g/mol. The lowest BCUT2D eigenvalue weighted by Gasteiger charge is -2.28. The molecule has 0 saturated carbocycles. The molecule has 5 rings (SSSR count). The number of amides is 1. The van der Waals surface area contributed by atoms with Crippen LogP contribution in [0.25, 0.3) is 22.6 Å². The smallest absolute Gasteiger partial charge is 0.244 e. The summed E-state index contributed by atoms with van der Waals surface area (Å²) in [6, 6.07) is 15.3. The number of para-hydroxylation sites is 2. The summed E-state index contributed by atoms with van der Waals surface area (Å²) >= 11 is 0. The minimum absolute atomic E-state index is 0.0351. The summed E-state index contributed by atoms with van der Waals surface area (Å²) in [6.45, 7) is 3.22. The number of nitrogens with one attached hydrogen (secondary N) is 1. The van der Waals surface area contributed by atoms with E-state index in [1.807, 2.05) is 48.5 Å². The quantitative estimate of drug-likeness (QED) is 0.504. The van der Waals surface area contributed by atoms with Crippen molar-refractivity contribution in [3.05, 3.63) is 48.5 Å². The van der Waals surface area contributed by atoms with Crippen molar-refractivity contribution in [1.82, 2.24) is 19.9 Å². The molecule has 4 aromatic rings. The first-order chi connectivity index (χ1) is 15.2. The van der Waals surface area contributed by atoms with Crippen LogP contribution in [0.3, 0.4) is 0 Å². The fourth-order valence-electron chi connectivity index (χ4n) is 3.69. The molecule has 10 heteroatoms. The minimum atomic E-state index is -0.196. The zero-order valence-corrected chi connectivity index (χ0v) is 16.7. The van der Waals surface area contributed by atoms with Gasteiger partial charge in [-0.2, -0.15) is 0 Å². The van der Waals surface area contributed by atoms with Gasteiger partial charge in [-0.25, -0.2) is 9.61 Å². The normalized spacial score (nSPS) is 14.1. The summed E-state index contributed by atoms with van der Waals surface area (Å²) in [4.78, 5) is 19.7. The van der Waals surface area contributed by atoms with Crippen LogP contribution in [0.1, 0.15) is 0 Å². The van der Waals surface area contributed by atoms with Crippen LogP contribution in [0.4, 0.5) is 17.2 Å². The molecule has 0 atom stereocenters. The molecule has 1 fully saturated rings. The number of hydrogen-bond acceptors (Lipinski definition) is 8. The van der Waals surface area contributed by atoms with E-state index in [-0.39, 0.29) is 18.3 Å². The lowest BCUT2D eigenvalue weighted by molar-refractivity contribution is -0.116. The molecule has 0 radical (unpaired) electrons. The molecule has 1 aliphatic rings. The molecule has 3 N–H and O–H groups in total. The number of imidazole rings is 1. The number of carbonyl (C=O) groups is 1. The van der Waals surface area contributed by atoms with Gasteiger partial charge in [-0.05, 0) is 46.7 Å². The third kappa shape index (κ3) is 3.80. The Bertz CT molecular complexity index is 1210. The van der Waals surface area contributed by atoms with Gasteiger partial charge in [-0.15, -0.1) is 0 Å². The predicted molar refractivity (Wildman–Crippen MR) is 116 cm³/mol. The number of anilines is 3. The van der Waals surface area contributed by atoms with Crippen LogP contribution in [-0.4, -0.2) is 52.1 Å². The molecule has 0 unspecified atom stereocenters. The Kier molecular flexibility index (Phi) is 4.97. The van der Waals surface area contributed by atoms with E-state index < -0.39 is 0 Å². The van der Waals surface area contributed by atoms with Gasteiger partial charge in [-0.1, -0.05) is 12.1 Å². The van der Waals surface area contributed by atoms with E-state index in [1.165, 1.54) is 0 Å². The van der Waals surface area contributed by atoms with Gasteiger partial charge in [0.05, 0.1) is 24.2 Å². The van der Waals surface area contributed by atoms with E-state index >= 15 is 0 Å². The van der Waals surface area contributed by atoms with Crippen molar-refractivity contribution in [3.8, 4) is 11.5 Å². The van der Waals surface area contributed by atoms with Gasteiger partial charge in [-0.3, -0.25) is 4.79 Å². The topological polar surface area (TPSA) is 124 Å². The van der Waals surface area contributed by atoms with Crippen molar-refractivity contribution in [2.45, 2.75) is 6.54 Å². The second-order valence-electron chi connectivity index (χ2n) is 7.20. The SMILES string of the molecule is Nc1nonc1-c1nc2ccccc2n1CC(=O)Nc1ccc(N2CCOCC2)cc1. The summed E-state index contributed by atoms with van der Waals surface area (Å²) in [5.41, 5.74) is 9.51. The van der Waals surface area contributed by atoms with Crippen LogP contribution in [0.15, 0.2) is 53.2 Å². The summed E-state index contributed by atoms with van der Waals surface area (Å²) < 4.78 is 11.9. The zero-order chi connectivity index (χ0) is 21.2. The number of benzene rings is 2. The molecule has 2 aromatic carbocycles. The lowest BCUT2D eigenvalue weighted by Crippen LogP contribution is -2.36. The van der Waals surface area contributed by atoms with Crippen molar-refractivity contribution in [1.29, 1.82) is 0 Å². The second-order valence-corrected chi connectivity index (χ2v) is 7.20. The van der Waals surface area contributed by atoms with E-state index in [1.54, 1.807) is 4.57 Å². The highest BCUT2D eigenvalue weighted by atomic mass is 16.6. The van der Waals surface area contributed by atoms with Crippen LogP contribution < -0.4 is 16.0 Å². The molecule has 3 heterocycles. The number of ether oxygens (including phenoxy) is 1. The Morgan fingerprint density at radius 1 is 1.06 bits per heavy atom. The Hall–Kier alpha value is -3.92. The zero-order valence-electron chi connectivity index (χ0n) is 16.7. The van der Waals surface area contributed by atoms with Gasteiger partial charge in [0.1, 0.15) is 6.54 Å². The highest BCUT2D eigenvalue weighted by molar-refractivity contribution is 5.93. The number of rotatable bonds is 5. The second kappa shape index (κ2) is 8.07. The molecule has 10 nitrogen and oxygen atoms in total. The number of nitrogens with two attached hydrogens (primary N) is 1. The fourth-order valence-corrected chi connectivity index (χ4v) is 3.69. The number of nitrogens with zero attached hydrogens (tertiary/aromatic N) is 5. The monoisotopic (exact) mass is 419 g/mol. The van der Waals surface area contributed by atoms with E-state index in [0.717, 1.165) is 48.7 Å². The number of aromatic nitrogens is 4. The first-order valence-electron chi connectivity index (χ1n) is 9.95. The average Bonchev–Trinajstić information content (AvgIpc) is 3.38. The summed E-state index contributed by atoms with van der Waals surface area (Å²) in [5.74, 6) is 0.354. The van der Waals surface area contributed by atoms with Crippen molar-refractivity contribution in [3.63, 3.8) is 0 Å². The maximum atomic E-state index is 12.8. The Labute approximate surface area is 177 Å². The maximum absolute atomic E-state index is 12.8. The molecule has 0 aliphatic carbocycles. The number of morpholine rings is 1. The highest BCUT2D eigenvalue weighted by Crippen LogP contribution is 2.26. The number of hydrogen-bond donors (Lipinski definition) is 2. The molecule has 1 amide bonds. The van der Waals surface area contributed by atoms with Gasteiger partial charge in [0.15, 0.2) is 17.3 Å². The third-order valence-corrected chi connectivity index (χ3v) is 5.21. The molecule has 0 bridgehead atoms. The van der Waals surface area contributed by atoms with E-state index in [2.05, 4.69) is 25.5 Å². The number of nitrogen functional groups attached to an aromatic ring is 1. The molecule has 2 aromatic heterocycles. The van der Waals surface area contributed by atoms with Crippen molar-refractivity contribution in [2.75, 3.05) is 42.3 Å². The lowest BCUT2D eigenvalue weighted by atomic mass is 10.2. The van der Waals surface area contributed by atoms with E-state index in [4.69, 9.17) is 15.1 Å². The standard InChI is InChI=1S/C21H21N7O3/c22-20-19(25-31-26-20)21-24-16-3-1-2-4-17(16)28(21)13-18(29)23-14-5-7-15(8-6-14)27-9-11-30-12-10-27/h1-8H,9-13H2,(H2,22,26)(H,23,29). The van der Waals surface area contributed by atoms with Gasteiger partial charge >= 0.3 is 0 Å². The molecule has 158 valence electrons. The van der Waals surface area contributed by atoms with Crippen LogP contribution in [-0.2, 0) is 16.1 Å². The fraction of sp³-hybridized carbons (Fsp3) is 0.238. The van der Waals surface area contributed by atoms with Crippen LogP contribution in [0.2, 0.25) is 0 Å². The van der Waals surface area contributed by atoms with E-state index in [0.29, 0.717) is 11.5 Å². The van der Waals surface area contributed by atoms with Crippen molar-refractivity contribution >= 4 is 34.1 Å². The number of fused-ring (bicyclic) bond motifs is 1. The van der Waals surface area contributed by atoms with Crippen LogP contribution in [0, 0.1) is 0 Å². The summed E-state index contributed by atoms with van der Waals surface area (Å²) in [6.07, 6.45) is 0. The Balaban J connectivity index is 1.36. The first kappa shape index (κ1) is 19.1. The van der Waals surface area contributed by atoms with Gasteiger partial charge < -0.3 is 25.3 Å². The maximum Gasteiger partial charge on any atom is 0.244 e. The predicted octanol–water partition coefficient (Wildman–Crippen LogP) is 2.14. The molecular weight excluding hydrogens is 398 g/mol. The van der Waals surface area contributed by atoms with Gasteiger partial charge in [0.2, 0.25) is 5.91 Å². The van der Waals surface area contributed by atoms with Gasteiger partial charge in [0, 0.05) is 24.5 Å². The summed E-state index contributed by atoms with van der Waals surface area (Å²) in [5, 5.41) is 10.4. The van der Waals surface area contributed by atoms with Crippen molar-refractivity contribution < 1.29 is 14.2 Å². The molecule has 31 heavy (non-hydrogen) atoms. The highest BCUT2D eigenvalue weighted by Gasteiger charge is 2.20. The molecule has 1 aliphatic heterocycles. The Morgan fingerprint density at radius 2 is 1.84 bits per heavy atom. The number of carbonyl (C=O) groups excluding carboxylic acids is 1. The third-order valence-electron chi connectivity index (χ3n) is 5.21. The molecule has 0 spiro atoms. The summed E-state index contributed by atoms with van der Waals surface area (Å²) in [7, 11) is 0. The van der Waals surface area contributed by atoms with Gasteiger partial charge in [0.25, 0.3) is 0 Å². The van der Waals surface area contributed by atoms with Crippen LogP contribution >= 0.6 is 0 Å². The largest absolute Gasteiger partial charge is 0.379 e. The molecule has 1 saturated heterocycles. The first-order valence-corrected chi connectivity index (χ1v) is 9.95. The Morgan fingerprint density at radius 3 is 2.58 bits per heavy atom. The van der Waals surface area contributed by atoms with E-state index in [9.17, 15) is 4.79 Å². The van der Waals surface area contributed by atoms with Crippen molar-refractivity contribution in [2.24, 2.45) is 0 Å². The minimum Gasteiger partial charge on any atom is -0.379 e. The molecular formula is C21H21N7O3. The van der Waals surface area contributed by atoms with Crippen LogP contribution in [0.5, 0.6) is 0 Å².